The van der Waals surface area contributed by atoms with Gasteiger partial charge in [-0.25, -0.2) is 0 Å². The quantitative estimate of drug-likeness (QED) is 0.799. The Morgan fingerprint density at radius 3 is 2.67 bits per heavy atom. The predicted octanol–water partition coefficient (Wildman–Crippen LogP) is 3.61. The van der Waals surface area contributed by atoms with Crippen LogP contribution < -0.4 is 5.32 Å². The van der Waals surface area contributed by atoms with Gasteiger partial charge in [0.2, 0.25) is 5.91 Å². The van der Waals surface area contributed by atoms with Gasteiger partial charge >= 0.3 is 0 Å². The highest BCUT2D eigenvalue weighted by Gasteiger charge is 2.41. The normalized spacial score (nSPS) is 17.8. The summed E-state index contributed by atoms with van der Waals surface area (Å²) in [5.41, 5.74) is 1.65. The molecule has 1 aliphatic rings. The van der Waals surface area contributed by atoms with Gasteiger partial charge in [0.25, 0.3) is 0 Å². The van der Waals surface area contributed by atoms with Crippen molar-refractivity contribution in [2.24, 2.45) is 5.41 Å². The number of carbonyl (C=O) groups excluding carboxylic acids is 1. The second-order valence-electron chi connectivity index (χ2n) is 6.44. The summed E-state index contributed by atoms with van der Waals surface area (Å²) in [5.74, 6) is 0.670. The Hall–Kier alpha value is -1.51. The number of rotatable bonds is 6. The maximum absolute atomic E-state index is 12.6. The van der Waals surface area contributed by atoms with Gasteiger partial charge in [-0.15, -0.1) is 11.8 Å². The number of benzene rings is 1. The molecule has 0 radical (unpaired) electrons. The first-order valence-corrected chi connectivity index (χ1v) is 9.49. The van der Waals surface area contributed by atoms with Crippen molar-refractivity contribution < 1.29 is 9.53 Å². The second-order valence-corrected chi connectivity index (χ2v) is 7.54. The lowest BCUT2D eigenvalue weighted by Gasteiger charge is -2.31. The molecule has 1 fully saturated rings. The molecule has 130 valence electrons. The molecule has 4 nitrogen and oxygen atoms in total. The van der Waals surface area contributed by atoms with Crippen molar-refractivity contribution in [3.8, 4) is 6.07 Å². The van der Waals surface area contributed by atoms with Crippen LogP contribution in [0.5, 0.6) is 0 Å². The number of nitriles is 1. The zero-order valence-corrected chi connectivity index (χ0v) is 15.5. The molecule has 0 bridgehead atoms. The molecule has 1 heterocycles. The first-order valence-electron chi connectivity index (χ1n) is 8.51. The van der Waals surface area contributed by atoms with Gasteiger partial charge in [0.15, 0.2) is 0 Å². The molecule has 24 heavy (non-hydrogen) atoms. The maximum atomic E-state index is 12.6. The molecule has 1 atom stereocenters. The highest BCUT2D eigenvalue weighted by molar-refractivity contribution is 7.99. The van der Waals surface area contributed by atoms with E-state index in [4.69, 9.17) is 4.74 Å². The number of carbonyl (C=O) groups is 1. The van der Waals surface area contributed by atoms with Gasteiger partial charge in [0, 0.05) is 29.9 Å². The van der Waals surface area contributed by atoms with Crippen molar-refractivity contribution in [2.75, 3.05) is 19.0 Å². The van der Waals surface area contributed by atoms with E-state index in [9.17, 15) is 10.1 Å². The Morgan fingerprint density at radius 2 is 2.08 bits per heavy atom. The Bertz CT molecular complexity index is 618. The third-order valence-corrected chi connectivity index (χ3v) is 5.91. The number of hydrogen-bond donors (Lipinski definition) is 1. The lowest BCUT2D eigenvalue weighted by atomic mass is 9.80. The monoisotopic (exact) mass is 346 g/mol. The second kappa shape index (κ2) is 8.55. The van der Waals surface area contributed by atoms with Crippen LogP contribution in [-0.2, 0) is 9.53 Å². The van der Waals surface area contributed by atoms with E-state index >= 15 is 0 Å². The number of amides is 1. The van der Waals surface area contributed by atoms with E-state index in [2.05, 4.69) is 50.4 Å². The fourth-order valence-electron chi connectivity index (χ4n) is 2.70. The minimum absolute atomic E-state index is 0.0668. The Kier molecular flexibility index (Phi) is 6.70. The average molecular weight is 346 g/mol. The summed E-state index contributed by atoms with van der Waals surface area (Å²) in [6.07, 6.45) is 1.81. The van der Waals surface area contributed by atoms with Crippen LogP contribution in [0, 0.1) is 30.6 Å². The van der Waals surface area contributed by atoms with Crippen LogP contribution in [0.2, 0.25) is 0 Å². The van der Waals surface area contributed by atoms with Crippen molar-refractivity contribution in [3.63, 3.8) is 0 Å². The van der Waals surface area contributed by atoms with Crippen LogP contribution in [0.15, 0.2) is 23.1 Å². The van der Waals surface area contributed by atoms with Gasteiger partial charge in [-0.05, 0) is 56.4 Å². The van der Waals surface area contributed by atoms with E-state index in [0.717, 1.165) is 12.2 Å². The summed E-state index contributed by atoms with van der Waals surface area (Å²) in [4.78, 5) is 13.8. The van der Waals surface area contributed by atoms with Crippen molar-refractivity contribution in [2.45, 2.75) is 51.0 Å². The van der Waals surface area contributed by atoms with Crippen molar-refractivity contribution in [1.82, 2.24) is 5.32 Å². The van der Waals surface area contributed by atoms with E-state index in [-0.39, 0.29) is 11.9 Å². The molecule has 1 aliphatic heterocycles. The molecule has 1 aromatic rings. The van der Waals surface area contributed by atoms with Crippen LogP contribution in [0.25, 0.3) is 0 Å². The van der Waals surface area contributed by atoms with Crippen molar-refractivity contribution in [1.29, 1.82) is 5.26 Å². The van der Waals surface area contributed by atoms with E-state index < -0.39 is 5.41 Å². The zero-order chi connectivity index (χ0) is 17.6. The molecule has 0 spiro atoms. The lowest BCUT2D eigenvalue weighted by Crippen LogP contribution is -2.48. The number of nitrogens with one attached hydrogen (secondary N) is 1. The topological polar surface area (TPSA) is 62.1 Å². The van der Waals surface area contributed by atoms with Gasteiger partial charge in [-0.3, -0.25) is 4.79 Å². The fraction of sp³-hybridized carbons (Fsp3) is 0.579. The molecule has 1 N–H and O–H groups in total. The van der Waals surface area contributed by atoms with Gasteiger partial charge in [-0.2, -0.15) is 5.26 Å². The number of ether oxygens (including phenoxy) is 1. The van der Waals surface area contributed by atoms with Gasteiger partial charge in [-0.1, -0.05) is 13.0 Å². The van der Waals surface area contributed by atoms with Crippen molar-refractivity contribution in [3.05, 3.63) is 29.3 Å². The van der Waals surface area contributed by atoms with Crippen molar-refractivity contribution >= 4 is 17.7 Å². The summed E-state index contributed by atoms with van der Waals surface area (Å²) in [6, 6.07) is 8.74. The first-order chi connectivity index (χ1) is 11.5. The van der Waals surface area contributed by atoms with Crippen LogP contribution in [0.4, 0.5) is 0 Å². The molecule has 1 amide bonds. The van der Waals surface area contributed by atoms with E-state index in [1.165, 1.54) is 16.0 Å². The van der Waals surface area contributed by atoms with Crippen LogP contribution in [0.1, 0.15) is 37.3 Å². The summed E-state index contributed by atoms with van der Waals surface area (Å²) < 4.78 is 5.30. The molecule has 1 aromatic carbocycles. The zero-order valence-electron chi connectivity index (χ0n) is 14.7. The number of thioether (sulfide) groups is 1. The summed E-state index contributed by atoms with van der Waals surface area (Å²) in [5, 5.41) is 12.6. The molecule has 0 aromatic heterocycles. The predicted molar refractivity (Wildman–Crippen MR) is 97.0 cm³/mol. The largest absolute Gasteiger partial charge is 0.381 e. The molecule has 0 aliphatic carbocycles. The average Bonchev–Trinajstić information content (AvgIpc) is 2.61. The summed E-state index contributed by atoms with van der Waals surface area (Å²) in [6.45, 7) is 7.24. The van der Waals surface area contributed by atoms with E-state index in [1.54, 1.807) is 11.8 Å². The van der Waals surface area contributed by atoms with Gasteiger partial charge in [0.1, 0.15) is 5.41 Å². The highest BCUT2D eigenvalue weighted by Crippen LogP contribution is 2.30. The maximum Gasteiger partial charge on any atom is 0.240 e. The Morgan fingerprint density at radius 1 is 1.38 bits per heavy atom. The standard InChI is InChI=1S/C19H26N2O2S/c1-4-16(12-24-17-6-5-14(2)15(3)11-17)21-18(22)19(13-20)7-9-23-10-8-19/h5-6,11,16H,4,7-10,12H2,1-3H3,(H,21,22). The molecule has 1 saturated heterocycles. The number of nitrogens with zero attached hydrogens (tertiary/aromatic N) is 1. The third kappa shape index (κ3) is 4.52. The first kappa shape index (κ1) is 18.8. The molecule has 1 unspecified atom stereocenters. The third-order valence-electron chi connectivity index (χ3n) is 4.75. The minimum Gasteiger partial charge on any atom is -0.381 e. The summed E-state index contributed by atoms with van der Waals surface area (Å²) in [7, 11) is 0. The molecule has 2 rings (SSSR count). The van der Waals surface area contributed by atoms with Gasteiger partial charge < -0.3 is 10.1 Å². The number of aryl methyl sites for hydroxylation is 2. The summed E-state index contributed by atoms with van der Waals surface area (Å²) >= 11 is 1.75. The molecule has 0 saturated carbocycles. The SMILES string of the molecule is CCC(CSc1ccc(C)c(C)c1)NC(=O)C1(C#N)CCOCC1. The molecular formula is C19H26N2O2S. The van der Waals surface area contributed by atoms with Crippen LogP contribution >= 0.6 is 11.8 Å². The molecule has 5 heteroatoms. The Balaban J connectivity index is 1.94. The van der Waals surface area contributed by atoms with E-state index in [1.807, 2.05) is 0 Å². The highest BCUT2D eigenvalue weighted by atomic mass is 32.2. The van der Waals surface area contributed by atoms with Crippen LogP contribution in [-0.4, -0.2) is 30.9 Å². The minimum atomic E-state index is -0.920. The van der Waals surface area contributed by atoms with Crippen LogP contribution in [0.3, 0.4) is 0 Å². The Labute approximate surface area is 149 Å². The fourth-order valence-corrected chi connectivity index (χ4v) is 3.83. The van der Waals surface area contributed by atoms with E-state index in [0.29, 0.717) is 26.1 Å². The molecular weight excluding hydrogens is 320 g/mol. The smallest absolute Gasteiger partial charge is 0.240 e. The lowest BCUT2D eigenvalue weighted by molar-refractivity contribution is -0.133. The van der Waals surface area contributed by atoms with Gasteiger partial charge in [0.05, 0.1) is 6.07 Å². The number of hydrogen-bond acceptors (Lipinski definition) is 4.